The Kier molecular flexibility index (Phi) is 6.11. The maximum absolute atomic E-state index is 13.0. The SMILES string of the molecule is O=C(COc1cccc2ccc(N3CCC4(CC3)OCCO4)nc12)NCc1ccc(F)cc1. The first-order valence-corrected chi connectivity index (χ1v) is 11.2. The molecule has 2 fully saturated rings. The van der Waals surface area contributed by atoms with Crippen LogP contribution < -0.4 is 15.0 Å². The van der Waals surface area contributed by atoms with Crippen molar-refractivity contribution in [3.05, 3.63) is 66.0 Å². The average molecular weight is 451 g/mol. The van der Waals surface area contributed by atoms with E-state index in [1.54, 1.807) is 12.1 Å². The standard InChI is InChI=1S/C25H26FN3O4/c26-20-7-4-18(5-8-20)16-27-23(30)17-31-21-3-1-2-19-6-9-22(28-24(19)21)29-12-10-25(11-13-29)32-14-15-33-25/h1-9H,10-17H2,(H,27,30). The van der Waals surface area contributed by atoms with E-state index >= 15 is 0 Å². The molecule has 2 saturated heterocycles. The van der Waals surface area contributed by atoms with Gasteiger partial charge in [-0.25, -0.2) is 9.37 Å². The first-order valence-electron chi connectivity index (χ1n) is 11.2. The molecule has 0 unspecified atom stereocenters. The molecule has 172 valence electrons. The van der Waals surface area contributed by atoms with Crippen LogP contribution in [0.1, 0.15) is 18.4 Å². The molecule has 1 spiro atoms. The van der Waals surface area contributed by atoms with Gasteiger partial charge in [0.1, 0.15) is 22.9 Å². The van der Waals surface area contributed by atoms with E-state index in [9.17, 15) is 9.18 Å². The van der Waals surface area contributed by atoms with Gasteiger partial charge < -0.3 is 24.4 Å². The van der Waals surface area contributed by atoms with Crippen molar-refractivity contribution in [3.63, 3.8) is 0 Å². The number of nitrogens with one attached hydrogen (secondary N) is 1. The number of pyridine rings is 1. The number of para-hydroxylation sites is 1. The van der Waals surface area contributed by atoms with Gasteiger partial charge in [-0.1, -0.05) is 24.3 Å². The van der Waals surface area contributed by atoms with Crippen LogP contribution in [0.5, 0.6) is 5.75 Å². The molecule has 0 bridgehead atoms. The quantitative estimate of drug-likeness (QED) is 0.619. The molecule has 2 aromatic carbocycles. The Bertz CT molecular complexity index is 1120. The molecule has 3 aromatic rings. The summed E-state index contributed by atoms with van der Waals surface area (Å²) < 4.78 is 30.5. The van der Waals surface area contributed by atoms with Gasteiger partial charge in [-0.05, 0) is 35.9 Å². The molecule has 7 nitrogen and oxygen atoms in total. The van der Waals surface area contributed by atoms with Gasteiger partial charge in [0.05, 0.1) is 13.2 Å². The first-order chi connectivity index (χ1) is 16.1. The zero-order chi connectivity index (χ0) is 22.7. The van der Waals surface area contributed by atoms with Crippen LogP contribution in [0.15, 0.2) is 54.6 Å². The molecule has 0 saturated carbocycles. The molecule has 1 aromatic heterocycles. The Balaban J connectivity index is 1.23. The van der Waals surface area contributed by atoms with Crippen LogP contribution in [0, 0.1) is 5.82 Å². The van der Waals surface area contributed by atoms with E-state index < -0.39 is 5.79 Å². The van der Waals surface area contributed by atoms with E-state index in [1.165, 1.54) is 12.1 Å². The van der Waals surface area contributed by atoms with E-state index in [0.717, 1.165) is 48.2 Å². The van der Waals surface area contributed by atoms with Crippen molar-refractivity contribution in [1.29, 1.82) is 0 Å². The number of hydrogen-bond acceptors (Lipinski definition) is 6. The lowest BCUT2D eigenvalue weighted by Gasteiger charge is -2.38. The van der Waals surface area contributed by atoms with Crippen LogP contribution in [0.25, 0.3) is 10.9 Å². The summed E-state index contributed by atoms with van der Waals surface area (Å²) in [6, 6.07) is 15.7. The molecule has 1 amide bonds. The van der Waals surface area contributed by atoms with Crippen molar-refractivity contribution in [2.75, 3.05) is 37.8 Å². The van der Waals surface area contributed by atoms with Crippen LogP contribution in [0.3, 0.4) is 0 Å². The van der Waals surface area contributed by atoms with E-state index in [1.807, 2.05) is 30.3 Å². The van der Waals surface area contributed by atoms with E-state index in [-0.39, 0.29) is 18.3 Å². The number of aromatic nitrogens is 1. The lowest BCUT2D eigenvalue weighted by molar-refractivity contribution is -0.169. The number of hydrogen-bond donors (Lipinski definition) is 1. The third-order valence-electron chi connectivity index (χ3n) is 6.09. The molecule has 3 heterocycles. The van der Waals surface area contributed by atoms with Crippen molar-refractivity contribution in [3.8, 4) is 5.75 Å². The lowest BCUT2D eigenvalue weighted by Crippen LogP contribution is -2.45. The Morgan fingerprint density at radius 3 is 2.58 bits per heavy atom. The number of ether oxygens (including phenoxy) is 3. The summed E-state index contributed by atoms with van der Waals surface area (Å²) in [5.41, 5.74) is 1.54. The van der Waals surface area contributed by atoms with Crippen molar-refractivity contribution < 1.29 is 23.4 Å². The third kappa shape index (κ3) is 4.91. The Morgan fingerprint density at radius 1 is 1.06 bits per heavy atom. The predicted molar refractivity (Wildman–Crippen MR) is 122 cm³/mol. The first kappa shape index (κ1) is 21.6. The van der Waals surface area contributed by atoms with Gasteiger partial charge in [0.15, 0.2) is 12.4 Å². The monoisotopic (exact) mass is 451 g/mol. The second kappa shape index (κ2) is 9.33. The lowest BCUT2D eigenvalue weighted by atomic mass is 10.0. The molecule has 0 aliphatic carbocycles. The molecular formula is C25H26FN3O4. The number of carbonyl (C=O) groups excluding carboxylic acids is 1. The molecule has 8 heteroatoms. The van der Waals surface area contributed by atoms with Gasteiger partial charge in [0.2, 0.25) is 0 Å². The normalized spacial score (nSPS) is 17.4. The van der Waals surface area contributed by atoms with Crippen LogP contribution >= 0.6 is 0 Å². The average Bonchev–Trinajstić information content (AvgIpc) is 3.30. The second-order valence-corrected chi connectivity index (χ2v) is 8.28. The van der Waals surface area contributed by atoms with Crippen molar-refractivity contribution in [2.24, 2.45) is 0 Å². The Labute approximate surface area is 191 Å². The fourth-order valence-corrected chi connectivity index (χ4v) is 4.26. The summed E-state index contributed by atoms with van der Waals surface area (Å²) in [4.78, 5) is 19.3. The Hall–Kier alpha value is -3.23. The highest BCUT2D eigenvalue weighted by Gasteiger charge is 2.40. The number of anilines is 1. The maximum atomic E-state index is 13.0. The zero-order valence-electron chi connectivity index (χ0n) is 18.3. The number of halogens is 1. The van der Waals surface area contributed by atoms with Crippen LogP contribution in [0.4, 0.5) is 10.2 Å². The van der Waals surface area contributed by atoms with Gasteiger partial charge in [-0.2, -0.15) is 0 Å². The van der Waals surface area contributed by atoms with E-state index in [0.29, 0.717) is 25.5 Å². The number of amides is 1. The molecule has 2 aliphatic heterocycles. The van der Waals surface area contributed by atoms with Gasteiger partial charge >= 0.3 is 0 Å². The van der Waals surface area contributed by atoms with E-state index in [2.05, 4.69) is 10.2 Å². The molecule has 1 N–H and O–H groups in total. The minimum atomic E-state index is -0.428. The number of nitrogens with zero attached hydrogens (tertiary/aromatic N) is 2. The van der Waals surface area contributed by atoms with E-state index in [4.69, 9.17) is 19.2 Å². The number of benzene rings is 2. The number of carbonyl (C=O) groups is 1. The minimum Gasteiger partial charge on any atom is -0.481 e. The molecule has 5 rings (SSSR count). The summed E-state index contributed by atoms with van der Waals surface area (Å²) in [5, 5.41) is 3.73. The highest BCUT2D eigenvalue weighted by atomic mass is 19.1. The molecule has 0 atom stereocenters. The molecule has 0 radical (unpaired) electrons. The van der Waals surface area contributed by atoms with Gasteiger partial charge in [-0.15, -0.1) is 0 Å². The molecule has 33 heavy (non-hydrogen) atoms. The highest BCUT2D eigenvalue weighted by molar-refractivity contribution is 5.86. The molecule has 2 aliphatic rings. The summed E-state index contributed by atoms with van der Waals surface area (Å²) in [5.74, 6) is 0.434. The van der Waals surface area contributed by atoms with Gasteiger partial charge in [0.25, 0.3) is 5.91 Å². The predicted octanol–water partition coefficient (Wildman–Crippen LogP) is 3.41. The summed E-state index contributed by atoms with van der Waals surface area (Å²) in [7, 11) is 0. The summed E-state index contributed by atoms with van der Waals surface area (Å²) in [6.45, 7) is 3.09. The number of rotatable bonds is 6. The summed E-state index contributed by atoms with van der Waals surface area (Å²) in [6.07, 6.45) is 1.61. The number of piperidine rings is 1. The third-order valence-corrected chi connectivity index (χ3v) is 6.09. The van der Waals surface area contributed by atoms with Crippen LogP contribution in [0.2, 0.25) is 0 Å². The fraction of sp³-hybridized carbons (Fsp3) is 0.360. The highest BCUT2D eigenvalue weighted by Crippen LogP contribution is 2.34. The van der Waals surface area contributed by atoms with Gasteiger partial charge in [-0.3, -0.25) is 4.79 Å². The van der Waals surface area contributed by atoms with Crippen LogP contribution in [-0.2, 0) is 20.8 Å². The fourth-order valence-electron chi connectivity index (χ4n) is 4.26. The zero-order valence-corrected chi connectivity index (χ0v) is 18.3. The van der Waals surface area contributed by atoms with Crippen LogP contribution in [-0.4, -0.2) is 49.6 Å². The maximum Gasteiger partial charge on any atom is 0.258 e. The topological polar surface area (TPSA) is 72.9 Å². The second-order valence-electron chi connectivity index (χ2n) is 8.28. The molecular weight excluding hydrogens is 425 g/mol. The largest absolute Gasteiger partial charge is 0.481 e. The van der Waals surface area contributed by atoms with Gasteiger partial charge in [0, 0.05) is 37.9 Å². The van der Waals surface area contributed by atoms with Crippen molar-refractivity contribution >= 4 is 22.6 Å². The Morgan fingerprint density at radius 2 is 1.82 bits per heavy atom. The minimum absolute atomic E-state index is 0.132. The summed E-state index contributed by atoms with van der Waals surface area (Å²) >= 11 is 0. The number of fused-ring (bicyclic) bond motifs is 1. The van der Waals surface area contributed by atoms with Crippen molar-refractivity contribution in [2.45, 2.75) is 25.2 Å². The smallest absolute Gasteiger partial charge is 0.258 e. The van der Waals surface area contributed by atoms with Crippen molar-refractivity contribution in [1.82, 2.24) is 10.3 Å².